The van der Waals surface area contributed by atoms with Crippen LogP contribution in [-0.4, -0.2) is 12.3 Å². The zero-order chi connectivity index (χ0) is 49.4. The van der Waals surface area contributed by atoms with Crippen molar-refractivity contribution < 1.29 is 0 Å². The van der Waals surface area contributed by atoms with Crippen LogP contribution < -0.4 is 31.1 Å². The maximum Gasteiger partial charge on any atom is 0.252 e. The Hall–Kier alpha value is -7.82. The second-order valence-corrected chi connectivity index (χ2v) is 22.9. The molecule has 1 fully saturated rings. The smallest absolute Gasteiger partial charge is 0.252 e. The van der Waals surface area contributed by atoms with Crippen molar-refractivity contribution in [2.75, 3.05) is 14.7 Å². The first-order valence-electron chi connectivity index (χ1n) is 26.6. The molecule has 0 spiro atoms. The molecule has 0 radical (unpaired) electrons. The van der Waals surface area contributed by atoms with E-state index in [1.807, 2.05) is 0 Å². The first kappa shape index (κ1) is 43.9. The van der Waals surface area contributed by atoms with Gasteiger partial charge in [0.05, 0.1) is 11.2 Å². The van der Waals surface area contributed by atoms with E-state index in [1.165, 1.54) is 125 Å². The van der Waals surface area contributed by atoms with Gasteiger partial charge in [-0.15, -0.1) is 0 Å². The van der Waals surface area contributed by atoms with Crippen molar-refractivity contribution in [2.24, 2.45) is 0 Å². The summed E-state index contributed by atoms with van der Waals surface area (Å²) in [4.78, 5) is 7.98. The number of benzene rings is 10. The zero-order valence-electron chi connectivity index (χ0n) is 42.9. The quantitative estimate of drug-likeness (QED) is 0.154. The van der Waals surface area contributed by atoms with Crippen LogP contribution in [0, 0.1) is 6.92 Å². The highest BCUT2D eigenvalue weighted by Gasteiger charge is 2.61. The standard InChI is InChI=1S/C69H60BN3/c1-45-40-63-65-64(41-45)73-66-58(68(5)38-14-15-39-69(68,73)6)32-19-33-60(66)70(65)59-36-35-52(44-62(59)72(63)50-25-8-7-9-26-50)71(51-27-16-24-48(42-51)55-30-17-22-46-20-10-12-28-53(46)55)61-37-34-49(67(2,3)4)43-57(61)56-31-18-23-47-21-11-13-29-54(47)56/h7-13,16-37,40-44H,14-15,38-39H2,1-6H3. The Morgan fingerprint density at radius 1 is 0.521 bits per heavy atom. The number of rotatable bonds is 6. The third-order valence-corrected chi connectivity index (χ3v) is 17.7. The van der Waals surface area contributed by atoms with Crippen molar-refractivity contribution in [1.29, 1.82) is 0 Å². The molecule has 10 aromatic rings. The SMILES string of the molecule is Cc1cc2c3c(c1)N1c4c(cccc4C4(C)CCCCC14C)B3c1ccc(N(c3cccc(-c4cccc5ccccc45)c3)c3ccc(C(C)(C)C)cc3-c3cccc4ccccc34)cc1N2c1ccccc1. The molecule has 4 aliphatic rings. The van der Waals surface area contributed by atoms with Gasteiger partial charge in [0, 0.05) is 50.8 Å². The Morgan fingerprint density at radius 3 is 1.96 bits per heavy atom. The lowest BCUT2D eigenvalue weighted by molar-refractivity contribution is 0.195. The Bertz CT molecular complexity index is 3880. The fraction of sp³-hybridized carbons (Fsp3) is 0.188. The Kier molecular flexibility index (Phi) is 9.68. The molecule has 3 nitrogen and oxygen atoms in total. The van der Waals surface area contributed by atoms with Gasteiger partial charge in [0.2, 0.25) is 0 Å². The number of hydrogen-bond donors (Lipinski definition) is 0. The summed E-state index contributed by atoms with van der Waals surface area (Å²) in [5.74, 6) is 0. The number of anilines is 8. The Balaban J connectivity index is 1.05. The number of para-hydroxylation sites is 2. The highest BCUT2D eigenvalue weighted by atomic mass is 15.3. The van der Waals surface area contributed by atoms with Gasteiger partial charge in [-0.25, -0.2) is 0 Å². The summed E-state index contributed by atoms with van der Waals surface area (Å²) in [6.07, 6.45) is 4.92. The second kappa shape index (κ2) is 16.1. The van der Waals surface area contributed by atoms with Gasteiger partial charge in [-0.2, -0.15) is 0 Å². The van der Waals surface area contributed by atoms with Crippen LogP contribution in [0.25, 0.3) is 43.8 Å². The fourth-order valence-electron chi connectivity index (χ4n) is 14.0. The molecule has 0 N–H and O–H groups in total. The molecular weight excluding hydrogens is 882 g/mol. The van der Waals surface area contributed by atoms with Crippen LogP contribution in [-0.2, 0) is 10.8 Å². The molecule has 1 saturated carbocycles. The average Bonchev–Trinajstić information content (AvgIpc) is 3.63. The van der Waals surface area contributed by atoms with Gasteiger partial charge < -0.3 is 14.7 Å². The van der Waals surface area contributed by atoms with E-state index in [9.17, 15) is 0 Å². The molecule has 3 aliphatic heterocycles. The maximum absolute atomic E-state index is 2.84. The normalized spacial score (nSPS) is 18.4. The van der Waals surface area contributed by atoms with Crippen LogP contribution in [0.2, 0.25) is 0 Å². The molecule has 73 heavy (non-hydrogen) atoms. The molecule has 14 rings (SSSR count). The van der Waals surface area contributed by atoms with Crippen LogP contribution in [0.4, 0.5) is 45.5 Å². The average molecular weight is 942 g/mol. The molecule has 0 amide bonds. The van der Waals surface area contributed by atoms with Gasteiger partial charge in [0.15, 0.2) is 0 Å². The Morgan fingerprint density at radius 2 is 1.18 bits per heavy atom. The highest BCUT2D eigenvalue weighted by Crippen LogP contribution is 2.62. The van der Waals surface area contributed by atoms with E-state index in [0.717, 1.165) is 22.7 Å². The number of nitrogens with zero attached hydrogens (tertiary/aromatic N) is 3. The van der Waals surface area contributed by atoms with Gasteiger partial charge in [-0.05, 0) is 164 Å². The van der Waals surface area contributed by atoms with Crippen molar-refractivity contribution in [3.05, 3.63) is 223 Å². The molecule has 354 valence electrons. The van der Waals surface area contributed by atoms with Gasteiger partial charge in [-0.3, -0.25) is 0 Å². The van der Waals surface area contributed by atoms with E-state index in [2.05, 4.69) is 262 Å². The summed E-state index contributed by atoms with van der Waals surface area (Å²) in [5, 5.41) is 4.97. The number of hydrogen-bond acceptors (Lipinski definition) is 3. The van der Waals surface area contributed by atoms with Crippen LogP contribution in [0.5, 0.6) is 0 Å². The molecule has 0 bridgehead atoms. The van der Waals surface area contributed by atoms with Gasteiger partial charge in [0.25, 0.3) is 6.71 Å². The summed E-state index contributed by atoms with van der Waals surface area (Å²) in [7, 11) is 0. The van der Waals surface area contributed by atoms with E-state index < -0.39 is 0 Å². The maximum atomic E-state index is 2.84. The molecule has 3 heterocycles. The summed E-state index contributed by atoms with van der Waals surface area (Å²) in [6, 6.07) is 78.4. The van der Waals surface area contributed by atoms with Crippen LogP contribution in [0.1, 0.15) is 77.0 Å². The lowest BCUT2D eigenvalue weighted by Gasteiger charge is -2.52. The van der Waals surface area contributed by atoms with E-state index in [4.69, 9.17) is 0 Å². The first-order valence-corrected chi connectivity index (χ1v) is 26.6. The van der Waals surface area contributed by atoms with Crippen molar-refractivity contribution in [1.82, 2.24) is 0 Å². The van der Waals surface area contributed by atoms with Crippen LogP contribution in [0.3, 0.4) is 0 Å². The lowest BCUT2D eigenvalue weighted by Crippen LogP contribution is -2.64. The van der Waals surface area contributed by atoms with Crippen molar-refractivity contribution in [3.63, 3.8) is 0 Å². The minimum Gasteiger partial charge on any atom is -0.335 e. The van der Waals surface area contributed by atoms with Gasteiger partial charge >= 0.3 is 0 Å². The summed E-state index contributed by atoms with van der Waals surface area (Å²) < 4.78 is 0. The topological polar surface area (TPSA) is 9.72 Å². The molecule has 1 aliphatic carbocycles. The van der Waals surface area contributed by atoms with E-state index in [-0.39, 0.29) is 23.1 Å². The van der Waals surface area contributed by atoms with Gasteiger partial charge in [-0.1, -0.05) is 186 Å². The predicted octanol–water partition coefficient (Wildman–Crippen LogP) is 16.8. The first-order chi connectivity index (χ1) is 35.5. The minimum absolute atomic E-state index is 0.0245. The molecule has 4 heteroatoms. The third-order valence-electron chi connectivity index (χ3n) is 17.7. The minimum atomic E-state index is -0.0663. The number of aryl methyl sites for hydroxylation is 1. The molecule has 0 aromatic heterocycles. The molecule has 10 aromatic carbocycles. The van der Waals surface area contributed by atoms with Crippen molar-refractivity contribution in [3.8, 4) is 22.3 Å². The van der Waals surface area contributed by atoms with Crippen LogP contribution in [0.15, 0.2) is 206 Å². The molecule has 2 atom stereocenters. The van der Waals surface area contributed by atoms with Crippen molar-refractivity contribution >= 4 is 90.1 Å². The monoisotopic (exact) mass is 941 g/mol. The summed E-state index contributed by atoms with van der Waals surface area (Å²) in [6.45, 7) is 14.5. The van der Waals surface area contributed by atoms with E-state index in [0.29, 0.717) is 0 Å². The van der Waals surface area contributed by atoms with Crippen LogP contribution >= 0.6 is 0 Å². The Labute approximate surface area is 431 Å². The van der Waals surface area contributed by atoms with E-state index >= 15 is 0 Å². The molecule has 0 saturated heterocycles. The number of fused-ring (bicyclic) bond motifs is 9. The molecular formula is C69H60BN3. The van der Waals surface area contributed by atoms with E-state index in [1.54, 1.807) is 0 Å². The highest BCUT2D eigenvalue weighted by molar-refractivity contribution is 7.00. The summed E-state index contributed by atoms with van der Waals surface area (Å²) >= 11 is 0. The summed E-state index contributed by atoms with van der Waals surface area (Å²) in [5.41, 5.74) is 23.0. The second-order valence-electron chi connectivity index (χ2n) is 22.9. The largest absolute Gasteiger partial charge is 0.335 e. The predicted molar refractivity (Wildman–Crippen MR) is 313 cm³/mol. The molecule has 2 unspecified atom stereocenters. The zero-order valence-corrected chi connectivity index (χ0v) is 42.9. The lowest BCUT2D eigenvalue weighted by atomic mass is 9.33. The van der Waals surface area contributed by atoms with Gasteiger partial charge in [0.1, 0.15) is 0 Å². The van der Waals surface area contributed by atoms with Crippen molar-refractivity contribution in [2.45, 2.75) is 83.6 Å². The fourth-order valence-corrected chi connectivity index (χ4v) is 14.0. The third kappa shape index (κ3) is 6.45.